The van der Waals surface area contributed by atoms with Crippen LogP contribution < -0.4 is 11.5 Å². The van der Waals surface area contributed by atoms with Crippen LogP contribution in [0.2, 0.25) is 0 Å². The van der Waals surface area contributed by atoms with E-state index in [1.165, 1.54) is 128 Å². The van der Waals surface area contributed by atoms with Crippen molar-refractivity contribution in [3.05, 3.63) is 0 Å². The third-order valence-corrected chi connectivity index (χ3v) is 8.79. The molecule has 0 heterocycles. The second kappa shape index (κ2) is 35.5. The lowest BCUT2D eigenvalue weighted by Gasteiger charge is -2.22. The SMILES string of the molecule is CCCCCCCCCCCCCCC(O)C(O)C(N)CO.CCCCCCCCCCCCCCC(O)C(O)C(N)CO. The van der Waals surface area contributed by atoms with Crippen molar-refractivity contribution in [3.8, 4) is 0 Å². The molecule has 0 amide bonds. The molecule has 10 N–H and O–H groups in total. The van der Waals surface area contributed by atoms with Gasteiger partial charge in [-0.05, 0) is 12.8 Å². The monoisotopic (exact) mass is 635 g/mol. The number of hydrogen-bond acceptors (Lipinski definition) is 8. The Morgan fingerprint density at radius 3 is 0.773 bits per heavy atom. The average Bonchev–Trinajstić information content (AvgIpc) is 3.04. The van der Waals surface area contributed by atoms with Crippen LogP contribution in [-0.2, 0) is 0 Å². The lowest BCUT2D eigenvalue weighted by molar-refractivity contribution is -0.0121. The van der Waals surface area contributed by atoms with Gasteiger partial charge < -0.3 is 42.1 Å². The molecule has 268 valence electrons. The zero-order valence-corrected chi connectivity index (χ0v) is 29.1. The molecule has 0 aliphatic heterocycles. The molecule has 8 nitrogen and oxygen atoms in total. The van der Waals surface area contributed by atoms with Crippen LogP contribution in [0.5, 0.6) is 0 Å². The summed E-state index contributed by atoms with van der Waals surface area (Å²) in [5.74, 6) is 0. The van der Waals surface area contributed by atoms with Gasteiger partial charge in [-0.25, -0.2) is 0 Å². The van der Waals surface area contributed by atoms with Gasteiger partial charge in [-0.3, -0.25) is 0 Å². The summed E-state index contributed by atoms with van der Waals surface area (Å²) in [6.45, 7) is 3.91. The first-order valence-electron chi connectivity index (χ1n) is 18.7. The highest BCUT2D eigenvalue weighted by Gasteiger charge is 2.23. The Bertz CT molecular complexity index is 499. The smallest absolute Gasteiger partial charge is 0.0971 e. The summed E-state index contributed by atoms with van der Waals surface area (Å²) in [4.78, 5) is 0. The second-order valence-corrected chi connectivity index (χ2v) is 13.2. The van der Waals surface area contributed by atoms with E-state index in [1.54, 1.807) is 0 Å². The molecule has 44 heavy (non-hydrogen) atoms. The number of unbranched alkanes of at least 4 members (excludes halogenated alkanes) is 22. The molecule has 0 aromatic carbocycles. The maximum absolute atomic E-state index is 9.74. The third-order valence-electron chi connectivity index (χ3n) is 8.79. The number of aliphatic hydroxyl groups excluding tert-OH is 6. The molecule has 6 unspecified atom stereocenters. The fraction of sp³-hybridized carbons (Fsp3) is 1.00. The molecule has 0 radical (unpaired) electrons. The Kier molecular flexibility index (Phi) is 37.0. The minimum Gasteiger partial charge on any atom is -0.395 e. The second-order valence-electron chi connectivity index (χ2n) is 13.2. The number of aliphatic hydroxyl groups is 6. The Balaban J connectivity index is 0. The Morgan fingerprint density at radius 1 is 0.364 bits per heavy atom. The van der Waals surface area contributed by atoms with Crippen LogP contribution in [0.4, 0.5) is 0 Å². The van der Waals surface area contributed by atoms with Crippen molar-refractivity contribution in [2.45, 2.75) is 217 Å². The van der Waals surface area contributed by atoms with Crippen molar-refractivity contribution in [1.29, 1.82) is 0 Å². The molecule has 0 saturated carbocycles. The summed E-state index contributed by atoms with van der Waals surface area (Å²) < 4.78 is 0. The van der Waals surface area contributed by atoms with E-state index in [1.807, 2.05) is 0 Å². The van der Waals surface area contributed by atoms with E-state index in [-0.39, 0.29) is 13.2 Å². The van der Waals surface area contributed by atoms with E-state index in [2.05, 4.69) is 13.8 Å². The van der Waals surface area contributed by atoms with Gasteiger partial charge in [0, 0.05) is 0 Å². The van der Waals surface area contributed by atoms with Crippen LogP contribution >= 0.6 is 0 Å². The third kappa shape index (κ3) is 30.3. The summed E-state index contributed by atoms with van der Waals surface area (Å²) in [7, 11) is 0. The summed E-state index contributed by atoms with van der Waals surface area (Å²) in [5.41, 5.74) is 11.0. The summed E-state index contributed by atoms with van der Waals surface area (Å²) in [5, 5.41) is 56.4. The van der Waals surface area contributed by atoms with Crippen LogP contribution in [0.3, 0.4) is 0 Å². The van der Waals surface area contributed by atoms with Gasteiger partial charge in [0.2, 0.25) is 0 Å². The summed E-state index contributed by atoms with van der Waals surface area (Å²) in [6.07, 6.45) is 28.2. The molecular weight excluding hydrogens is 556 g/mol. The van der Waals surface area contributed by atoms with Crippen molar-refractivity contribution in [1.82, 2.24) is 0 Å². The van der Waals surface area contributed by atoms with Crippen LogP contribution in [0.1, 0.15) is 181 Å². The average molecular weight is 635 g/mol. The van der Waals surface area contributed by atoms with Crippen molar-refractivity contribution < 1.29 is 30.6 Å². The topological polar surface area (TPSA) is 173 Å². The van der Waals surface area contributed by atoms with E-state index in [0.717, 1.165) is 25.7 Å². The van der Waals surface area contributed by atoms with E-state index in [9.17, 15) is 20.4 Å². The normalized spacial score (nSPS) is 15.7. The predicted octanol–water partition coefficient (Wildman–Crippen LogP) is 6.24. The van der Waals surface area contributed by atoms with Gasteiger partial charge in [0.15, 0.2) is 0 Å². The van der Waals surface area contributed by atoms with Gasteiger partial charge in [0.05, 0.1) is 49.7 Å². The molecule has 0 bridgehead atoms. The molecule has 0 aliphatic rings. The minimum absolute atomic E-state index is 0.295. The molecule has 6 atom stereocenters. The number of nitrogens with two attached hydrogens (primary N) is 2. The highest BCUT2D eigenvalue weighted by atomic mass is 16.3. The lowest BCUT2D eigenvalue weighted by Crippen LogP contribution is -2.45. The van der Waals surface area contributed by atoms with Crippen LogP contribution in [0.15, 0.2) is 0 Å². The maximum Gasteiger partial charge on any atom is 0.0971 e. The van der Waals surface area contributed by atoms with Crippen LogP contribution in [0.25, 0.3) is 0 Å². The maximum atomic E-state index is 9.74. The van der Waals surface area contributed by atoms with E-state index >= 15 is 0 Å². The summed E-state index contributed by atoms with van der Waals surface area (Å²) in [6, 6.07) is -1.49. The fourth-order valence-electron chi connectivity index (χ4n) is 5.52. The standard InChI is InChI=1S/2C18H39NO3/c2*1-2-3-4-5-6-7-8-9-10-11-12-13-14-17(21)18(22)16(19)15-20/h2*16-18,20-22H,2-15,19H2,1H3. The molecule has 0 aromatic heterocycles. The molecule has 8 heteroatoms. The molecule has 0 aliphatic carbocycles. The highest BCUT2D eigenvalue weighted by molar-refractivity contribution is 4.78. The van der Waals surface area contributed by atoms with E-state index in [4.69, 9.17) is 21.7 Å². The summed E-state index contributed by atoms with van der Waals surface area (Å²) >= 11 is 0. The minimum atomic E-state index is -1.02. The lowest BCUT2D eigenvalue weighted by atomic mass is 10.00. The van der Waals surface area contributed by atoms with Crippen LogP contribution in [0, 0.1) is 0 Å². The zero-order chi connectivity index (χ0) is 33.3. The van der Waals surface area contributed by atoms with Gasteiger partial charge in [0.25, 0.3) is 0 Å². The fourth-order valence-corrected chi connectivity index (χ4v) is 5.52. The van der Waals surface area contributed by atoms with Gasteiger partial charge >= 0.3 is 0 Å². The molecule has 0 aromatic rings. The van der Waals surface area contributed by atoms with Gasteiger partial charge in [0.1, 0.15) is 0 Å². The number of rotatable bonds is 32. The highest BCUT2D eigenvalue weighted by Crippen LogP contribution is 2.15. The first-order chi connectivity index (χ1) is 21.3. The first kappa shape index (κ1) is 45.8. The van der Waals surface area contributed by atoms with Crippen molar-refractivity contribution in [2.75, 3.05) is 13.2 Å². The molecular formula is C36H78N2O6. The Hall–Kier alpha value is -0.320. The quantitative estimate of drug-likeness (QED) is 0.0402. The Labute approximate surface area is 272 Å². The molecule has 0 spiro atoms. The van der Waals surface area contributed by atoms with Crippen molar-refractivity contribution in [2.24, 2.45) is 11.5 Å². The molecule has 0 rings (SSSR count). The van der Waals surface area contributed by atoms with Gasteiger partial charge in [-0.15, -0.1) is 0 Å². The predicted molar refractivity (Wildman–Crippen MR) is 186 cm³/mol. The van der Waals surface area contributed by atoms with Crippen molar-refractivity contribution in [3.63, 3.8) is 0 Å². The van der Waals surface area contributed by atoms with Crippen molar-refractivity contribution >= 4 is 0 Å². The largest absolute Gasteiger partial charge is 0.395 e. The molecule has 0 saturated heterocycles. The molecule has 0 fully saturated rings. The first-order valence-corrected chi connectivity index (χ1v) is 18.7. The zero-order valence-electron chi connectivity index (χ0n) is 29.1. The number of hydrogen-bond donors (Lipinski definition) is 8. The van der Waals surface area contributed by atoms with Gasteiger partial charge in [-0.1, -0.05) is 168 Å². The van der Waals surface area contributed by atoms with E-state index < -0.39 is 36.5 Å². The van der Waals surface area contributed by atoms with E-state index in [0.29, 0.717) is 12.8 Å². The Morgan fingerprint density at radius 2 is 0.568 bits per heavy atom. The van der Waals surface area contributed by atoms with Crippen LogP contribution in [-0.4, -0.2) is 80.4 Å². The van der Waals surface area contributed by atoms with Gasteiger partial charge in [-0.2, -0.15) is 0 Å².